The molecule has 1 unspecified atom stereocenters. The summed E-state index contributed by atoms with van der Waals surface area (Å²) in [6.45, 7) is 1.50. The van der Waals surface area contributed by atoms with Crippen LogP contribution in [0.1, 0.15) is 66.1 Å². The Morgan fingerprint density at radius 3 is 1.83 bits per heavy atom. The van der Waals surface area contributed by atoms with Crippen molar-refractivity contribution < 1.29 is 43.0 Å². The predicted molar refractivity (Wildman–Crippen MR) is 215 cm³/mol. The molecular weight excluding hydrogens is 741 g/mol. The molecule has 13 nitrogen and oxygen atoms in total. The van der Waals surface area contributed by atoms with Crippen LogP contribution in [-0.4, -0.2) is 83.3 Å². The van der Waals surface area contributed by atoms with E-state index in [2.05, 4.69) is 10.6 Å². The first-order valence-electron chi connectivity index (χ1n) is 19.5. The van der Waals surface area contributed by atoms with Crippen LogP contribution in [0.2, 0.25) is 0 Å². The third-order valence-electron chi connectivity index (χ3n) is 9.75. The van der Waals surface area contributed by atoms with Crippen LogP contribution in [-0.2, 0) is 48.4 Å². The predicted octanol–water partition coefficient (Wildman–Crippen LogP) is 6.21. The normalized spacial score (nSPS) is 14.4. The number of nitrogens with zero attached hydrogens (tertiary/aromatic N) is 2. The molecule has 58 heavy (non-hydrogen) atoms. The second-order valence-corrected chi connectivity index (χ2v) is 14.0. The van der Waals surface area contributed by atoms with Crippen molar-refractivity contribution in [1.82, 2.24) is 20.4 Å². The van der Waals surface area contributed by atoms with Crippen LogP contribution in [0.15, 0.2) is 121 Å². The number of esters is 1. The molecule has 304 valence electrons. The van der Waals surface area contributed by atoms with Crippen molar-refractivity contribution in [2.45, 2.75) is 77.0 Å². The summed E-state index contributed by atoms with van der Waals surface area (Å²) in [5, 5.41) is 5.51. The molecule has 1 aliphatic heterocycles. The molecule has 4 amide bonds. The first-order valence-corrected chi connectivity index (χ1v) is 19.5. The molecule has 3 atom stereocenters. The molecule has 0 aromatic heterocycles. The maximum absolute atomic E-state index is 14.2. The number of carbonyl (C=O) groups is 6. The smallest absolute Gasteiger partial charge is 0.411 e. The van der Waals surface area contributed by atoms with E-state index >= 15 is 0 Å². The molecule has 0 spiro atoms. The monoisotopic (exact) mass is 790 g/mol. The Kier molecular flexibility index (Phi) is 16.4. The Labute approximate surface area is 338 Å². The van der Waals surface area contributed by atoms with Crippen molar-refractivity contribution in [2.75, 3.05) is 19.6 Å². The third-order valence-corrected chi connectivity index (χ3v) is 9.75. The van der Waals surface area contributed by atoms with Gasteiger partial charge in [-0.1, -0.05) is 109 Å². The minimum absolute atomic E-state index is 0.0463. The first kappa shape index (κ1) is 42.6. The second-order valence-electron chi connectivity index (χ2n) is 14.0. The Morgan fingerprint density at radius 1 is 0.707 bits per heavy atom. The van der Waals surface area contributed by atoms with Gasteiger partial charge in [-0.2, -0.15) is 0 Å². The summed E-state index contributed by atoms with van der Waals surface area (Å²) in [5.41, 5.74) is 2.69. The van der Waals surface area contributed by atoms with Crippen LogP contribution in [0.25, 0.3) is 0 Å². The maximum Gasteiger partial charge on any atom is 0.411 e. The fraction of sp³-hybridized carbons (Fsp3) is 0.333. The van der Waals surface area contributed by atoms with Gasteiger partial charge in [-0.05, 0) is 67.9 Å². The van der Waals surface area contributed by atoms with E-state index < -0.39 is 60.4 Å². The molecular formula is C45H50N4O9. The van der Waals surface area contributed by atoms with E-state index in [1.807, 2.05) is 66.7 Å². The van der Waals surface area contributed by atoms with Gasteiger partial charge in [-0.15, -0.1) is 0 Å². The fourth-order valence-corrected chi connectivity index (χ4v) is 6.50. The number of hydrogen-bond donors (Lipinski definition) is 2. The highest BCUT2D eigenvalue weighted by Crippen LogP contribution is 2.22. The zero-order chi connectivity index (χ0) is 41.1. The number of ketones is 1. The zero-order valence-corrected chi connectivity index (χ0v) is 32.6. The van der Waals surface area contributed by atoms with E-state index in [-0.39, 0.29) is 39.3 Å². The highest BCUT2D eigenvalue weighted by molar-refractivity contribution is 5.99. The van der Waals surface area contributed by atoms with E-state index in [1.54, 1.807) is 54.6 Å². The Balaban J connectivity index is 1.26. The van der Waals surface area contributed by atoms with Gasteiger partial charge in [0.05, 0.1) is 12.6 Å². The van der Waals surface area contributed by atoms with Crippen molar-refractivity contribution in [2.24, 2.45) is 0 Å². The third kappa shape index (κ3) is 13.0. The lowest BCUT2D eigenvalue weighted by atomic mass is 10.0. The van der Waals surface area contributed by atoms with Crippen LogP contribution in [0, 0.1) is 0 Å². The molecule has 1 aliphatic rings. The average molecular weight is 791 g/mol. The molecule has 0 aliphatic carbocycles. The summed E-state index contributed by atoms with van der Waals surface area (Å²) in [6, 6.07) is 32.7. The number of alkyl carbamates (subject to hydrolysis) is 1. The molecule has 1 fully saturated rings. The number of Topliss-reactive ketones (excluding diaryl/α,β-unsaturated/α-hetero) is 1. The van der Waals surface area contributed by atoms with Crippen molar-refractivity contribution in [3.8, 4) is 0 Å². The standard InChI is InChI=1S/C45H50N4O9/c1-33(42(52)48-28-16-26-39(48)43(53)56-30-34-17-6-2-7-18-34)49(45(55)58-32-36-21-10-4-11-22-36)29-40(50)38(47-41(51)37-23-12-5-13-24-37)25-14-15-27-46-44(54)57-31-35-19-8-3-9-20-35/h2-13,17-24,33,38-39H,14-16,25-32H2,1H3,(H,46,54)(H,47,51)/t33-,38?,39-/m0/s1. The molecule has 1 saturated heterocycles. The SMILES string of the molecule is C[C@@H](C(=O)N1CCC[C@H]1C(=O)OCc1ccccc1)N(CC(=O)C(CCCCNC(=O)OCc1ccccc1)NC(=O)c1ccccc1)C(=O)OCc1ccccc1. The summed E-state index contributed by atoms with van der Waals surface area (Å²) in [4.78, 5) is 83.4. The van der Waals surface area contributed by atoms with E-state index in [0.717, 1.165) is 16.0 Å². The minimum atomic E-state index is -1.22. The van der Waals surface area contributed by atoms with Crippen molar-refractivity contribution in [3.63, 3.8) is 0 Å². The number of ether oxygens (including phenoxy) is 3. The summed E-state index contributed by atoms with van der Waals surface area (Å²) in [5.74, 6) is -2.12. The fourth-order valence-electron chi connectivity index (χ4n) is 6.50. The van der Waals surface area contributed by atoms with Gasteiger partial charge in [0.15, 0.2) is 5.78 Å². The number of hydrogen-bond acceptors (Lipinski definition) is 9. The zero-order valence-electron chi connectivity index (χ0n) is 32.6. The van der Waals surface area contributed by atoms with Crippen molar-refractivity contribution >= 4 is 35.8 Å². The molecule has 4 aromatic carbocycles. The summed E-state index contributed by atoms with van der Waals surface area (Å²) in [6.07, 6.45) is 0.492. The molecule has 0 saturated carbocycles. The van der Waals surface area contributed by atoms with Gasteiger partial charge in [0.1, 0.15) is 31.9 Å². The molecule has 1 heterocycles. The second kappa shape index (κ2) is 22.3. The molecule has 4 aromatic rings. The van der Waals surface area contributed by atoms with E-state index in [1.165, 1.54) is 11.8 Å². The molecule has 2 N–H and O–H groups in total. The van der Waals surface area contributed by atoms with Crippen LogP contribution in [0.5, 0.6) is 0 Å². The molecule has 5 rings (SSSR count). The number of amides is 4. The van der Waals surface area contributed by atoms with E-state index in [9.17, 15) is 28.8 Å². The van der Waals surface area contributed by atoms with Gasteiger partial charge in [-0.3, -0.25) is 19.3 Å². The van der Waals surface area contributed by atoms with Crippen LogP contribution >= 0.6 is 0 Å². The number of unbranched alkanes of at least 4 members (excludes halogenated alkanes) is 1. The lowest BCUT2D eigenvalue weighted by molar-refractivity contribution is -0.155. The van der Waals surface area contributed by atoms with Crippen LogP contribution in [0.3, 0.4) is 0 Å². The molecule has 0 radical (unpaired) electrons. The number of likely N-dealkylation sites (tertiary alicyclic amines) is 1. The van der Waals surface area contributed by atoms with Crippen molar-refractivity contribution in [3.05, 3.63) is 144 Å². The largest absolute Gasteiger partial charge is 0.459 e. The Morgan fingerprint density at radius 2 is 1.24 bits per heavy atom. The molecule has 13 heteroatoms. The first-order chi connectivity index (χ1) is 28.2. The van der Waals surface area contributed by atoms with Gasteiger partial charge in [-0.25, -0.2) is 14.4 Å². The molecule has 0 bridgehead atoms. The quantitative estimate of drug-likeness (QED) is 0.0639. The van der Waals surface area contributed by atoms with Gasteiger partial charge >= 0.3 is 18.2 Å². The number of carbonyl (C=O) groups excluding carboxylic acids is 6. The number of benzene rings is 4. The van der Waals surface area contributed by atoms with Gasteiger partial charge in [0.2, 0.25) is 5.91 Å². The lowest BCUT2D eigenvalue weighted by Crippen LogP contribution is -2.55. The highest BCUT2D eigenvalue weighted by atomic mass is 16.6. The minimum Gasteiger partial charge on any atom is -0.459 e. The average Bonchev–Trinajstić information content (AvgIpc) is 3.76. The van der Waals surface area contributed by atoms with Gasteiger partial charge in [0.25, 0.3) is 5.91 Å². The Bertz CT molecular complexity index is 1950. The number of rotatable bonds is 19. The Hall–Kier alpha value is -6.50. The number of nitrogens with one attached hydrogen (secondary N) is 2. The van der Waals surface area contributed by atoms with Crippen molar-refractivity contribution in [1.29, 1.82) is 0 Å². The van der Waals surface area contributed by atoms with Gasteiger partial charge < -0.3 is 29.7 Å². The summed E-state index contributed by atoms with van der Waals surface area (Å²) in [7, 11) is 0. The van der Waals surface area contributed by atoms with E-state index in [0.29, 0.717) is 36.8 Å². The lowest BCUT2D eigenvalue weighted by Gasteiger charge is -2.33. The van der Waals surface area contributed by atoms with E-state index in [4.69, 9.17) is 14.2 Å². The van der Waals surface area contributed by atoms with Crippen LogP contribution < -0.4 is 10.6 Å². The van der Waals surface area contributed by atoms with Gasteiger partial charge in [0, 0.05) is 18.7 Å². The topological polar surface area (TPSA) is 161 Å². The highest BCUT2D eigenvalue weighted by Gasteiger charge is 2.41. The van der Waals surface area contributed by atoms with Crippen LogP contribution in [0.4, 0.5) is 9.59 Å². The maximum atomic E-state index is 14.2. The summed E-state index contributed by atoms with van der Waals surface area (Å²) >= 11 is 0. The summed E-state index contributed by atoms with van der Waals surface area (Å²) < 4.78 is 16.5.